The number of sulfonamides is 1. The Morgan fingerprint density at radius 1 is 1.24 bits per heavy atom. The summed E-state index contributed by atoms with van der Waals surface area (Å²) in [6.45, 7) is 6.13. The number of rotatable bonds is 5. The lowest BCUT2D eigenvalue weighted by molar-refractivity contribution is -0.139. The Labute approximate surface area is 125 Å². The second kappa shape index (κ2) is 5.42. The van der Waals surface area contributed by atoms with E-state index in [0.29, 0.717) is 0 Å². The average Bonchev–Trinajstić information content (AvgIpc) is 3.19. The van der Waals surface area contributed by atoms with Crippen molar-refractivity contribution in [3.63, 3.8) is 0 Å². The van der Waals surface area contributed by atoms with Crippen LogP contribution in [0.4, 0.5) is 0 Å². The first-order valence-electron chi connectivity index (χ1n) is 6.97. The van der Waals surface area contributed by atoms with Gasteiger partial charge >= 0.3 is 5.97 Å². The molecule has 1 unspecified atom stereocenters. The Hall–Kier alpha value is -1.40. The zero-order chi connectivity index (χ0) is 15.8. The molecular weight excluding hydrogens is 290 g/mol. The Morgan fingerprint density at radius 2 is 1.76 bits per heavy atom. The second-order valence-corrected chi connectivity index (χ2v) is 8.26. The maximum atomic E-state index is 12.3. The lowest BCUT2D eigenvalue weighted by Gasteiger charge is -2.19. The highest BCUT2D eigenvalue weighted by Gasteiger charge is 2.39. The SMILES string of the molecule is CC(C)(C)c1ccc(S(=O)(=O)NC(C(=O)O)C2CC2)cc1. The summed E-state index contributed by atoms with van der Waals surface area (Å²) in [4.78, 5) is 11.2. The molecule has 2 N–H and O–H groups in total. The van der Waals surface area contributed by atoms with E-state index < -0.39 is 22.0 Å². The lowest BCUT2D eigenvalue weighted by Crippen LogP contribution is -2.42. The van der Waals surface area contributed by atoms with Crippen molar-refractivity contribution in [2.75, 3.05) is 0 Å². The number of hydrogen-bond acceptors (Lipinski definition) is 3. The first kappa shape index (κ1) is 16.0. The molecule has 0 radical (unpaired) electrons. The minimum Gasteiger partial charge on any atom is -0.480 e. The first-order chi connectivity index (χ1) is 9.61. The molecule has 21 heavy (non-hydrogen) atoms. The van der Waals surface area contributed by atoms with Gasteiger partial charge in [-0.1, -0.05) is 32.9 Å². The van der Waals surface area contributed by atoms with Gasteiger partial charge in [-0.15, -0.1) is 0 Å². The molecule has 5 nitrogen and oxygen atoms in total. The molecule has 2 rings (SSSR count). The molecular formula is C15H21NO4S. The minimum atomic E-state index is -3.80. The van der Waals surface area contributed by atoms with E-state index in [-0.39, 0.29) is 16.2 Å². The number of benzene rings is 1. The molecule has 1 aromatic rings. The molecule has 0 amide bonds. The molecule has 0 heterocycles. The van der Waals surface area contributed by atoms with Crippen molar-refractivity contribution in [2.24, 2.45) is 5.92 Å². The second-order valence-electron chi connectivity index (χ2n) is 6.55. The number of hydrogen-bond donors (Lipinski definition) is 2. The van der Waals surface area contributed by atoms with Crippen LogP contribution in [0.2, 0.25) is 0 Å². The fourth-order valence-corrected chi connectivity index (χ4v) is 3.41. The summed E-state index contributed by atoms with van der Waals surface area (Å²) in [5.41, 5.74) is 0.964. The smallest absolute Gasteiger partial charge is 0.322 e. The Bertz CT molecular complexity index is 625. The van der Waals surface area contributed by atoms with E-state index >= 15 is 0 Å². The van der Waals surface area contributed by atoms with E-state index in [0.717, 1.165) is 18.4 Å². The summed E-state index contributed by atoms with van der Waals surface area (Å²) in [5, 5.41) is 9.12. The maximum Gasteiger partial charge on any atom is 0.322 e. The molecule has 0 saturated heterocycles. The van der Waals surface area contributed by atoms with E-state index in [1.165, 1.54) is 12.1 Å². The topological polar surface area (TPSA) is 83.5 Å². The maximum absolute atomic E-state index is 12.3. The van der Waals surface area contributed by atoms with Gasteiger partial charge in [0.15, 0.2) is 0 Å². The van der Waals surface area contributed by atoms with Crippen LogP contribution in [0.3, 0.4) is 0 Å². The first-order valence-corrected chi connectivity index (χ1v) is 8.45. The molecule has 0 spiro atoms. The van der Waals surface area contributed by atoms with Gasteiger partial charge in [0, 0.05) is 0 Å². The van der Waals surface area contributed by atoms with E-state index in [2.05, 4.69) is 4.72 Å². The molecule has 0 aliphatic heterocycles. The molecule has 6 heteroatoms. The monoisotopic (exact) mass is 311 g/mol. The van der Waals surface area contributed by atoms with Crippen molar-refractivity contribution in [3.05, 3.63) is 29.8 Å². The van der Waals surface area contributed by atoms with E-state index in [9.17, 15) is 13.2 Å². The number of carbonyl (C=O) groups is 1. The van der Waals surface area contributed by atoms with E-state index in [1.54, 1.807) is 12.1 Å². The predicted molar refractivity (Wildman–Crippen MR) is 79.6 cm³/mol. The van der Waals surface area contributed by atoms with Crippen molar-refractivity contribution < 1.29 is 18.3 Å². The van der Waals surface area contributed by atoms with E-state index in [4.69, 9.17) is 5.11 Å². The largest absolute Gasteiger partial charge is 0.480 e. The van der Waals surface area contributed by atoms with Gasteiger partial charge in [-0.3, -0.25) is 4.79 Å². The Kier molecular flexibility index (Phi) is 4.13. The summed E-state index contributed by atoms with van der Waals surface area (Å²) < 4.78 is 26.8. The average molecular weight is 311 g/mol. The zero-order valence-electron chi connectivity index (χ0n) is 12.5. The van der Waals surface area contributed by atoms with Crippen LogP contribution in [0.5, 0.6) is 0 Å². The molecule has 0 aromatic heterocycles. The number of carboxylic acid groups (broad SMARTS) is 1. The van der Waals surface area contributed by atoms with Gasteiger partial charge in [-0.05, 0) is 41.9 Å². The number of aliphatic carboxylic acids is 1. The quantitative estimate of drug-likeness (QED) is 0.872. The van der Waals surface area contributed by atoms with Crippen molar-refractivity contribution in [3.8, 4) is 0 Å². The third kappa shape index (κ3) is 3.83. The molecule has 1 saturated carbocycles. The summed E-state index contributed by atoms with van der Waals surface area (Å²) >= 11 is 0. The summed E-state index contributed by atoms with van der Waals surface area (Å²) in [7, 11) is -3.80. The van der Waals surface area contributed by atoms with Crippen LogP contribution in [0, 0.1) is 5.92 Å². The van der Waals surface area contributed by atoms with Crippen molar-refractivity contribution >= 4 is 16.0 Å². The highest BCUT2D eigenvalue weighted by Crippen LogP contribution is 2.33. The van der Waals surface area contributed by atoms with Crippen LogP contribution >= 0.6 is 0 Å². The van der Waals surface area contributed by atoms with Crippen LogP contribution < -0.4 is 4.72 Å². The number of carboxylic acids is 1. The molecule has 116 valence electrons. The highest BCUT2D eigenvalue weighted by atomic mass is 32.2. The van der Waals surface area contributed by atoms with Crippen LogP contribution in [0.25, 0.3) is 0 Å². The van der Waals surface area contributed by atoms with Gasteiger partial charge in [0.25, 0.3) is 0 Å². The number of nitrogens with one attached hydrogen (secondary N) is 1. The van der Waals surface area contributed by atoms with Crippen molar-refractivity contribution in [1.29, 1.82) is 0 Å². The van der Waals surface area contributed by atoms with Crippen LogP contribution in [0.15, 0.2) is 29.2 Å². The molecule has 1 aliphatic carbocycles. The molecule has 0 bridgehead atoms. The van der Waals surface area contributed by atoms with Crippen molar-refractivity contribution in [1.82, 2.24) is 4.72 Å². The fraction of sp³-hybridized carbons (Fsp3) is 0.533. The van der Waals surface area contributed by atoms with Gasteiger partial charge in [-0.25, -0.2) is 8.42 Å². The van der Waals surface area contributed by atoms with Gasteiger partial charge in [0.1, 0.15) is 6.04 Å². The standard InChI is InChI=1S/C15H21NO4S/c1-15(2,3)11-6-8-12(9-7-11)21(19,20)16-13(14(17)18)10-4-5-10/h6-10,13,16H,4-5H2,1-3H3,(H,17,18). The van der Waals surface area contributed by atoms with E-state index in [1.807, 2.05) is 20.8 Å². The fourth-order valence-electron chi connectivity index (χ4n) is 2.15. The third-order valence-electron chi connectivity index (χ3n) is 3.67. The van der Waals surface area contributed by atoms with Crippen molar-refractivity contribution in [2.45, 2.75) is 50.0 Å². The summed E-state index contributed by atoms with van der Waals surface area (Å²) in [6, 6.07) is 5.55. The van der Waals surface area contributed by atoms with Crippen LogP contribution in [-0.4, -0.2) is 25.5 Å². The molecule has 1 aliphatic rings. The van der Waals surface area contributed by atoms with Crippen LogP contribution in [-0.2, 0) is 20.2 Å². The molecule has 1 fully saturated rings. The van der Waals surface area contributed by atoms with Crippen LogP contribution in [0.1, 0.15) is 39.2 Å². The summed E-state index contributed by atoms with van der Waals surface area (Å²) in [5.74, 6) is -1.21. The molecule has 1 aromatic carbocycles. The summed E-state index contributed by atoms with van der Waals surface area (Å²) in [6.07, 6.45) is 1.50. The Balaban J connectivity index is 2.21. The zero-order valence-corrected chi connectivity index (χ0v) is 13.3. The Morgan fingerprint density at radius 3 is 2.14 bits per heavy atom. The van der Waals surface area contributed by atoms with Gasteiger partial charge in [-0.2, -0.15) is 4.72 Å². The lowest BCUT2D eigenvalue weighted by atomic mass is 9.87. The van der Waals surface area contributed by atoms with Gasteiger partial charge in [0.05, 0.1) is 4.90 Å². The van der Waals surface area contributed by atoms with Gasteiger partial charge < -0.3 is 5.11 Å². The predicted octanol–water partition coefficient (Wildman–Crippen LogP) is 2.13. The highest BCUT2D eigenvalue weighted by molar-refractivity contribution is 7.89. The van der Waals surface area contributed by atoms with Gasteiger partial charge in [0.2, 0.25) is 10.0 Å². The normalized spacial score (nSPS) is 17.5. The third-order valence-corrected chi connectivity index (χ3v) is 5.13. The molecule has 1 atom stereocenters. The minimum absolute atomic E-state index is 0.0622.